The van der Waals surface area contributed by atoms with E-state index in [1.54, 1.807) is 7.11 Å². The summed E-state index contributed by atoms with van der Waals surface area (Å²) in [4.78, 5) is 15.0. The largest absolute Gasteiger partial charge is 0.383 e. The average molecular weight is 354 g/mol. The van der Waals surface area contributed by atoms with E-state index in [-0.39, 0.29) is 24.0 Å². The van der Waals surface area contributed by atoms with Gasteiger partial charge in [0.2, 0.25) is 5.91 Å². The van der Waals surface area contributed by atoms with E-state index in [2.05, 4.69) is 30.1 Å². The van der Waals surface area contributed by atoms with E-state index in [4.69, 9.17) is 14.2 Å². The smallest absolute Gasteiger partial charge is 0.223 e. The zero-order valence-corrected chi connectivity index (χ0v) is 16.0. The molecule has 2 saturated heterocycles. The van der Waals surface area contributed by atoms with Crippen LogP contribution in [-0.2, 0) is 19.0 Å². The van der Waals surface area contributed by atoms with Gasteiger partial charge in [-0.05, 0) is 46.2 Å². The molecule has 2 atom stereocenters. The first-order valence-electron chi connectivity index (χ1n) is 9.44. The summed E-state index contributed by atoms with van der Waals surface area (Å²) in [6.07, 6.45) is 4.65. The molecule has 25 heavy (non-hydrogen) atoms. The molecule has 1 N–H and O–H groups in total. The first kappa shape index (κ1) is 20.4. The Morgan fingerprint density at radius 2 is 2.04 bits per heavy atom. The molecule has 0 aliphatic carbocycles. The Morgan fingerprint density at radius 1 is 1.28 bits per heavy atom. The Balaban J connectivity index is 1.76. The van der Waals surface area contributed by atoms with Crippen LogP contribution in [0.25, 0.3) is 0 Å². The summed E-state index contributed by atoms with van der Waals surface area (Å²) >= 11 is 0. The molecule has 6 heteroatoms. The Morgan fingerprint density at radius 3 is 2.72 bits per heavy atom. The van der Waals surface area contributed by atoms with Crippen LogP contribution >= 0.6 is 0 Å². The van der Waals surface area contributed by atoms with Crippen LogP contribution in [0, 0.1) is 5.92 Å². The van der Waals surface area contributed by atoms with E-state index < -0.39 is 0 Å². The van der Waals surface area contributed by atoms with Gasteiger partial charge < -0.3 is 24.4 Å². The molecule has 6 nitrogen and oxygen atoms in total. The maximum Gasteiger partial charge on any atom is 0.223 e. The third-order valence-electron chi connectivity index (χ3n) is 5.00. The summed E-state index contributed by atoms with van der Waals surface area (Å²) in [6, 6.07) is 0.0540. The van der Waals surface area contributed by atoms with E-state index in [1.807, 2.05) is 0 Å². The van der Waals surface area contributed by atoms with Gasteiger partial charge in [0.05, 0.1) is 25.9 Å². The molecule has 2 aliphatic heterocycles. The summed E-state index contributed by atoms with van der Waals surface area (Å²) in [5, 5.41) is 3.23. The highest BCUT2D eigenvalue weighted by atomic mass is 16.5. The van der Waals surface area contributed by atoms with Crippen LogP contribution in [0.3, 0.4) is 0 Å². The number of piperidine rings is 1. The van der Waals surface area contributed by atoms with E-state index in [1.165, 1.54) is 5.57 Å². The van der Waals surface area contributed by atoms with Crippen molar-refractivity contribution in [3.63, 3.8) is 0 Å². The van der Waals surface area contributed by atoms with Crippen molar-refractivity contribution in [1.82, 2.24) is 10.2 Å². The normalized spacial score (nSPS) is 25.6. The minimum Gasteiger partial charge on any atom is -0.383 e. The zero-order chi connectivity index (χ0) is 18.1. The van der Waals surface area contributed by atoms with Crippen LogP contribution in [0.5, 0.6) is 0 Å². The number of carbonyl (C=O) groups excluding carboxylic acids is 1. The second kappa shape index (κ2) is 10.9. The predicted octanol–water partition coefficient (Wildman–Crippen LogP) is 1.60. The maximum atomic E-state index is 12.7. The summed E-state index contributed by atoms with van der Waals surface area (Å²) in [6.45, 7) is 9.55. The third-order valence-corrected chi connectivity index (χ3v) is 5.00. The molecule has 0 saturated carbocycles. The van der Waals surface area contributed by atoms with Crippen LogP contribution in [-0.4, -0.2) is 76.1 Å². The van der Waals surface area contributed by atoms with Gasteiger partial charge in [0.1, 0.15) is 6.10 Å². The Kier molecular flexibility index (Phi) is 8.89. The molecule has 0 unspecified atom stereocenters. The summed E-state index contributed by atoms with van der Waals surface area (Å²) in [5.41, 5.74) is 1.23. The molecular formula is C19H34N2O4. The van der Waals surface area contributed by atoms with Crippen molar-refractivity contribution >= 4 is 5.91 Å². The first-order chi connectivity index (χ1) is 12.1. The predicted molar refractivity (Wildman–Crippen MR) is 97.6 cm³/mol. The number of hydrogen-bond donors (Lipinski definition) is 1. The summed E-state index contributed by atoms with van der Waals surface area (Å²) in [5.74, 6) is 0.286. The Hall–Kier alpha value is -0.950. The molecule has 0 aromatic carbocycles. The number of carbonyl (C=O) groups is 1. The number of methoxy groups -OCH3 is 1. The zero-order valence-electron chi connectivity index (χ0n) is 16.0. The Labute approximate surface area is 151 Å². The molecule has 0 radical (unpaired) electrons. The van der Waals surface area contributed by atoms with E-state index in [0.29, 0.717) is 19.8 Å². The van der Waals surface area contributed by atoms with Crippen LogP contribution in [0.15, 0.2) is 11.6 Å². The quantitative estimate of drug-likeness (QED) is 0.671. The van der Waals surface area contributed by atoms with Crippen molar-refractivity contribution in [2.24, 2.45) is 5.92 Å². The number of nitrogens with one attached hydrogen (secondary N) is 1. The lowest BCUT2D eigenvalue weighted by atomic mass is 9.94. The molecule has 0 aromatic heterocycles. The Bertz CT molecular complexity index is 429. The number of likely N-dealkylation sites (tertiary alicyclic amines) is 1. The molecule has 2 fully saturated rings. The molecule has 0 aromatic rings. The monoisotopic (exact) mass is 354 g/mol. The fourth-order valence-corrected chi connectivity index (χ4v) is 3.32. The van der Waals surface area contributed by atoms with Gasteiger partial charge in [0, 0.05) is 26.2 Å². The fourth-order valence-electron chi connectivity index (χ4n) is 3.32. The van der Waals surface area contributed by atoms with Crippen LogP contribution in [0.1, 0.15) is 33.1 Å². The fraction of sp³-hybridized carbons (Fsp3) is 0.842. The maximum absolute atomic E-state index is 12.7. The summed E-state index contributed by atoms with van der Waals surface area (Å²) in [7, 11) is 1.73. The standard InChI is InChI=1S/C19H34N2O4/c1-15(2)6-12-25-18-14-24-11-7-17(18)20-19(22)16-4-8-21(9-5-16)10-13-23-3/h6,16-18H,4-5,7-14H2,1-3H3,(H,20,22)/t17-,18-/m1/s1. The number of allylic oxidation sites excluding steroid dienone is 1. The van der Waals surface area contributed by atoms with E-state index in [9.17, 15) is 4.79 Å². The molecule has 2 aliphatic rings. The number of amides is 1. The van der Waals surface area contributed by atoms with Gasteiger partial charge in [-0.2, -0.15) is 0 Å². The average Bonchev–Trinajstić information content (AvgIpc) is 2.61. The second-order valence-corrected chi connectivity index (χ2v) is 7.24. The van der Waals surface area contributed by atoms with Gasteiger partial charge in [-0.1, -0.05) is 11.6 Å². The first-order valence-corrected chi connectivity index (χ1v) is 9.44. The van der Waals surface area contributed by atoms with Crippen molar-refractivity contribution in [2.75, 3.05) is 53.2 Å². The van der Waals surface area contributed by atoms with Crippen molar-refractivity contribution in [3.8, 4) is 0 Å². The van der Waals surface area contributed by atoms with Gasteiger partial charge in [0.25, 0.3) is 0 Å². The minimum atomic E-state index is -0.0601. The summed E-state index contributed by atoms with van der Waals surface area (Å²) < 4.78 is 16.6. The second-order valence-electron chi connectivity index (χ2n) is 7.24. The lowest BCUT2D eigenvalue weighted by Crippen LogP contribution is -2.52. The molecule has 2 rings (SSSR count). The highest BCUT2D eigenvalue weighted by molar-refractivity contribution is 5.79. The van der Waals surface area contributed by atoms with Gasteiger partial charge in [-0.25, -0.2) is 0 Å². The van der Waals surface area contributed by atoms with Crippen LogP contribution in [0.4, 0.5) is 0 Å². The number of ether oxygens (including phenoxy) is 3. The van der Waals surface area contributed by atoms with Gasteiger partial charge in [-0.15, -0.1) is 0 Å². The van der Waals surface area contributed by atoms with Gasteiger partial charge in [-0.3, -0.25) is 4.79 Å². The number of hydrogen-bond acceptors (Lipinski definition) is 5. The minimum absolute atomic E-state index is 0.0540. The number of nitrogens with zero attached hydrogens (tertiary/aromatic N) is 1. The van der Waals surface area contributed by atoms with Crippen LogP contribution < -0.4 is 5.32 Å². The van der Waals surface area contributed by atoms with E-state index >= 15 is 0 Å². The molecule has 144 valence electrons. The SMILES string of the molecule is COCCN1CCC(C(=O)N[C@@H]2CCOC[C@H]2OCC=C(C)C)CC1. The topological polar surface area (TPSA) is 60.0 Å². The van der Waals surface area contributed by atoms with Gasteiger partial charge in [0.15, 0.2) is 0 Å². The van der Waals surface area contributed by atoms with Crippen molar-refractivity contribution in [1.29, 1.82) is 0 Å². The number of rotatable bonds is 8. The molecular weight excluding hydrogens is 320 g/mol. The van der Waals surface area contributed by atoms with E-state index in [0.717, 1.165) is 45.5 Å². The lowest BCUT2D eigenvalue weighted by Gasteiger charge is -2.35. The van der Waals surface area contributed by atoms with Crippen molar-refractivity contribution < 1.29 is 19.0 Å². The molecule has 1 amide bonds. The van der Waals surface area contributed by atoms with Crippen molar-refractivity contribution in [3.05, 3.63) is 11.6 Å². The molecule has 0 bridgehead atoms. The third kappa shape index (κ3) is 7.05. The van der Waals surface area contributed by atoms with Gasteiger partial charge >= 0.3 is 0 Å². The highest BCUT2D eigenvalue weighted by Gasteiger charge is 2.31. The molecule has 2 heterocycles. The molecule has 0 spiro atoms. The van der Waals surface area contributed by atoms with Crippen LogP contribution in [0.2, 0.25) is 0 Å². The van der Waals surface area contributed by atoms with Crippen molar-refractivity contribution in [2.45, 2.75) is 45.3 Å². The lowest BCUT2D eigenvalue weighted by molar-refractivity contribution is -0.131. The highest BCUT2D eigenvalue weighted by Crippen LogP contribution is 2.19.